The summed E-state index contributed by atoms with van der Waals surface area (Å²) < 4.78 is 0. The van der Waals surface area contributed by atoms with E-state index in [9.17, 15) is 0 Å². The molecule has 0 amide bonds. The summed E-state index contributed by atoms with van der Waals surface area (Å²) in [5.74, 6) is 5.67. The lowest BCUT2D eigenvalue weighted by Gasteiger charge is -1.97. The molecule has 0 aliphatic carbocycles. The van der Waals surface area contributed by atoms with E-state index < -0.39 is 0 Å². The molecule has 0 aliphatic rings. The number of allylic oxidation sites excluding steroid dienone is 1. The van der Waals surface area contributed by atoms with Gasteiger partial charge in [-0.1, -0.05) is 24.3 Å². The van der Waals surface area contributed by atoms with Crippen molar-refractivity contribution in [3.8, 4) is 5.75 Å². The molecule has 1 aromatic rings. The molecule has 2 nitrogen and oxygen atoms in total. The Morgan fingerprint density at radius 3 is 2.91 bits per heavy atom. The van der Waals surface area contributed by atoms with E-state index in [1.54, 1.807) is 0 Å². The van der Waals surface area contributed by atoms with Gasteiger partial charge in [0.05, 0.1) is 0 Å². The van der Waals surface area contributed by atoms with Crippen LogP contribution >= 0.6 is 0 Å². The van der Waals surface area contributed by atoms with Crippen LogP contribution < -0.4 is 10.7 Å². The van der Waals surface area contributed by atoms with E-state index in [2.05, 4.69) is 4.84 Å². The minimum absolute atomic E-state index is 0.681. The molecule has 1 rings (SSSR count). The van der Waals surface area contributed by atoms with Crippen LogP contribution in [0.15, 0.2) is 30.3 Å². The molecule has 0 bridgehead atoms. The number of hydrogen-bond donors (Lipinski definition) is 1. The summed E-state index contributed by atoms with van der Waals surface area (Å²) >= 11 is 0. The zero-order valence-electron chi connectivity index (χ0n) is 6.45. The van der Waals surface area contributed by atoms with Crippen LogP contribution in [0.5, 0.6) is 5.75 Å². The maximum atomic E-state index is 4.99. The van der Waals surface area contributed by atoms with E-state index in [1.165, 1.54) is 0 Å². The summed E-state index contributed by atoms with van der Waals surface area (Å²) in [5, 5.41) is 0. The summed E-state index contributed by atoms with van der Waals surface area (Å²) in [4.78, 5) is 4.57. The molecule has 0 spiro atoms. The van der Waals surface area contributed by atoms with E-state index in [1.807, 2.05) is 43.3 Å². The minimum Gasteiger partial charge on any atom is -0.412 e. The Balaban J connectivity index is 2.91. The van der Waals surface area contributed by atoms with E-state index in [0.29, 0.717) is 5.75 Å². The first-order chi connectivity index (χ1) is 5.36. The lowest BCUT2D eigenvalue weighted by Crippen LogP contribution is -2.01. The van der Waals surface area contributed by atoms with Crippen LogP contribution in [0.4, 0.5) is 0 Å². The van der Waals surface area contributed by atoms with Crippen LogP contribution in [0.1, 0.15) is 12.5 Å². The van der Waals surface area contributed by atoms with Crippen LogP contribution in [0.3, 0.4) is 0 Å². The second-order valence-corrected chi connectivity index (χ2v) is 2.19. The standard InChI is InChI=1S/C9H11NO/c1-2-4-8-5-3-6-9(7-8)11-10/h2-7H,10H2,1H3/b4-2+. The molecule has 0 atom stereocenters. The van der Waals surface area contributed by atoms with Crippen LogP contribution in [-0.4, -0.2) is 0 Å². The van der Waals surface area contributed by atoms with Crippen molar-refractivity contribution in [1.29, 1.82) is 0 Å². The highest BCUT2D eigenvalue weighted by molar-refractivity contribution is 5.51. The summed E-state index contributed by atoms with van der Waals surface area (Å²) in [5.41, 5.74) is 1.09. The largest absolute Gasteiger partial charge is 0.412 e. The molecule has 2 heteroatoms. The van der Waals surface area contributed by atoms with E-state index in [-0.39, 0.29) is 0 Å². The predicted molar refractivity (Wildman–Crippen MR) is 46.0 cm³/mol. The summed E-state index contributed by atoms with van der Waals surface area (Å²) in [7, 11) is 0. The third-order valence-corrected chi connectivity index (χ3v) is 1.35. The first-order valence-electron chi connectivity index (χ1n) is 3.46. The first-order valence-corrected chi connectivity index (χ1v) is 3.46. The van der Waals surface area contributed by atoms with Crippen LogP contribution in [0.25, 0.3) is 6.08 Å². The summed E-state index contributed by atoms with van der Waals surface area (Å²) in [6.45, 7) is 1.97. The van der Waals surface area contributed by atoms with Gasteiger partial charge in [0.1, 0.15) is 5.75 Å². The second-order valence-electron chi connectivity index (χ2n) is 2.19. The highest BCUT2D eigenvalue weighted by Gasteiger charge is 1.90. The van der Waals surface area contributed by atoms with Gasteiger partial charge in [0.15, 0.2) is 0 Å². The Bertz CT molecular complexity index is 255. The lowest BCUT2D eigenvalue weighted by molar-refractivity contribution is 0.334. The van der Waals surface area contributed by atoms with Gasteiger partial charge in [-0.05, 0) is 24.6 Å². The normalized spacial score (nSPS) is 10.4. The van der Waals surface area contributed by atoms with Crippen molar-refractivity contribution in [3.05, 3.63) is 35.9 Å². The molecule has 0 aromatic heterocycles. The van der Waals surface area contributed by atoms with Crippen molar-refractivity contribution < 1.29 is 4.84 Å². The fourth-order valence-corrected chi connectivity index (χ4v) is 0.884. The van der Waals surface area contributed by atoms with Crippen molar-refractivity contribution >= 4 is 6.08 Å². The van der Waals surface area contributed by atoms with Crippen molar-refractivity contribution in [2.75, 3.05) is 0 Å². The second kappa shape index (κ2) is 3.78. The predicted octanol–water partition coefficient (Wildman–Crippen LogP) is 1.97. The molecule has 0 heterocycles. The molecule has 0 aliphatic heterocycles. The smallest absolute Gasteiger partial charge is 0.147 e. The van der Waals surface area contributed by atoms with Gasteiger partial charge in [0.25, 0.3) is 0 Å². The van der Waals surface area contributed by atoms with Gasteiger partial charge in [-0.25, -0.2) is 0 Å². The molecule has 0 fully saturated rings. The maximum Gasteiger partial charge on any atom is 0.147 e. The van der Waals surface area contributed by atoms with Gasteiger partial charge in [0.2, 0.25) is 0 Å². The zero-order valence-corrected chi connectivity index (χ0v) is 6.45. The van der Waals surface area contributed by atoms with Crippen LogP contribution in [-0.2, 0) is 0 Å². The minimum atomic E-state index is 0.681. The van der Waals surface area contributed by atoms with Gasteiger partial charge < -0.3 is 4.84 Å². The number of rotatable bonds is 2. The van der Waals surface area contributed by atoms with Gasteiger partial charge in [-0.15, -0.1) is 0 Å². The van der Waals surface area contributed by atoms with Gasteiger partial charge >= 0.3 is 0 Å². The number of nitrogens with two attached hydrogens (primary N) is 1. The Morgan fingerprint density at radius 1 is 1.45 bits per heavy atom. The summed E-state index contributed by atoms with van der Waals surface area (Å²) in [6.07, 6.45) is 3.96. The van der Waals surface area contributed by atoms with E-state index in [4.69, 9.17) is 5.90 Å². The molecule has 1 aromatic carbocycles. The quantitative estimate of drug-likeness (QED) is 0.652. The molecule has 0 radical (unpaired) electrons. The average molecular weight is 149 g/mol. The molecule has 2 N–H and O–H groups in total. The van der Waals surface area contributed by atoms with Crippen molar-refractivity contribution in [1.82, 2.24) is 0 Å². The fourth-order valence-electron chi connectivity index (χ4n) is 0.884. The zero-order chi connectivity index (χ0) is 8.10. The number of hydrogen-bond acceptors (Lipinski definition) is 2. The molecule has 0 unspecified atom stereocenters. The van der Waals surface area contributed by atoms with Crippen LogP contribution in [0, 0.1) is 0 Å². The number of benzene rings is 1. The molecule has 11 heavy (non-hydrogen) atoms. The Kier molecular flexibility index (Phi) is 2.69. The molecular weight excluding hydrogens is 138 g/mol. The SMILES string of the molecule is C/C=C/c1cccc(ON)c1. The Hall–Kier alpha value is -1.28. The van der Waals surface area contributed by atoms with Crippen molar-refractivity contribution in [3.63, 3.8) is 0 Å². The monoisotopic (exact) mass is 149 g/mol. The third-order valence-electron chi connectivity index (χ3n) is 1.35. The maximum absolute atomic E-state index is 4.99. The van der Waals surface area contributed by atoms with E-state index in [0.717, 1.165) is 5.56 Å². The van der Waals surface area contributed by atoms with Crippen LogP contribution in [0.2, 0.25) is 0 Å². The highest BCUT2D eigenvalue weighted by atomic mass is 16.6. The van der Waals surface area contributed by atoms with Gasteiger partial charge in [-0.3, -0.25) is 0 Å². The van der Waals surface area contributed by atoms with Gasteiger partial charge in [-0.2, -0.15) is 5.90 Å². The molecular formula is C9H11NO. The lowest BCUT2D eigenvalue weighted by atomic mass is 10.2. The molecule has 0 saturated heterocycles. The van der Waals surface area contributed by atoms with Crippen molar-refractivity contribution in [2.45, 2.75) is 6.92 Å². The van der Waals surface area contributed by atoms with Gasteiger partial charge in [0, 0.05) is 0 Å². The fraction of sp³-hybridized carbons (Fsp3) is 0.111. The van der Waals surface area contributed by atoms with Crippen molar-refractivity contribution in [2.24, 2.45) is 5.90 Å². The summed E-state index contributed by atoms with van der Waals surface area (Å²) in [6, 6.07) is 7.58. The Labute approximate surface area is 66.2 Å². The molecule has 0 saturated carbocycles. The average Bonchev–Trinajstić information content (AvgIpc) is 2.06. The topological polar surface area (TPSA) is 35.2 Å². The van der Waals surface area contributed by atoms with E-state index >= 15 is 0 Å². The highest BCUT2D eigenvalue weighted by Crippen LogP contribution is 2.12. The first kappa shape index (κ1) is 7.82. The molecule has 58 valence electrons. The Morgan fingerprint density at radius 2 is 2.27 bits per heavy atom. The third kappa shape index (κ3) is 2.09.